The Kier molecular flexibility index (Phi) is 6.06. The van der Waals surface area contributed by atoms with Gasteiger partial charge in [0.2, 0.25) is 5.91 Å². The third kappa shape index (κ3) is 4.97. The van der Waals surface area contributed by atoms with Crippen molar-refractivity contribution in [2.45, 2.75) is 51.4 Å². The first-order valence-corrected chi connectivity index (χ1v) is 7.87. The van der Waals surface area contributed by atoms with Gasteiger partial charge in [0, 0.05) is 12.1 Å². The molecular formula is C17H26N2O. The van der Waals surface area contributed by atoms with Gasteiger partial charge in [0.25, 0.3) is 0 Å². The van der Waals surface area contributed by atoms with Crippen LogP contribution in [0.3, 0.4) is 0 Å². The Morgan fingerprint density at radius 1 is 1.15 bits per heavy atom. The van der Waals surface area contributed by atoms with Crippen LogP contribution in [0.15, 0.2) is 24.3 Å². The average Bonchev–Trinajstić information content (AvgIpc) is 2.49. The van der Waals surface area contributed by atoms with Gasteiger partial charge in [-0.25, -0.2) is 0 Å². The van der Waals surface area contributed by atoms with Gasteiger partial charge in [0.1, 0.15) is 0 Å². The van der Waals surface area contributed by atoms with E-state index in [0.29, 0.717) is 13.0 Å². The lowest BCUT2D eigenvalue weighted by Crippen LogP contribution is -2.14. The molecule has 3 N–H and O–H groups in total. The number of hydrogen-bond acceptors (Lipinski definition) is 2. The summed E-state index contributed by atoms with van der Waals surface area (Å²) in [7, 11) is 0. The summed E-state index contributed by atoms with van der Waals surface area (Å²) >= 11 is 0. The van der Waals surface area contributed by atoms with Crippen LogP contribution in [0.1, 0.15) is 50.5 Å². The predicted octanol–water partition coefficient (Wildman–Crippen LogP) is 3.49. The van der Waals surface area contributed by atoms with Crippen LogP contribution in [0.4, 0.5) is 5.69 Å². The molecule has 20 heavy (non-hydrogen) atoms. The van der Waals surface area contributed by atoms with Crippen molar-refractivity contribution < 1.29 is 4.79 Å². The fourth-order valence-corrected chi connectivity index (χ4v) is 2.96. The maximum Gasteiger partial charge on any atom is 0.224 e. The maximum atomic E-state index is 11.9. The lowest BCUT2D eigenvalue weighted by molar-refractivity contribution is -0.116. The fraction of sp³-hybridized carbons (Fsp3) is 0.588. The van der Waals surface area contributed by atoms with Crippen molar-refractivity contribution in [3.63, 3.8) is 0 Å². The fourth-order valence-electron chi connectivity index (χ4n) is 2.96. The molecule has 110 valence electrons. The van der Waals surface area contributed by atoms with E-state index in [1.54, 1.807) is 0 Å². The number of carbonyl (C=O) groups is 1. The van der Waals surface area contributed by atoms with Gasteiger partial charge >= 0.3 is 0 Å². The first-order valence-electron chi connectivity index (χ1n) is 7.87. The van der Waals surface area contributed by atoms with Crippen LogP contribution in [0.25, 0.3) is 0 Å². The van der Waals surface area contributed by atoms with E-state index < -0.39 is 0 Å². The van der Waals surface area contributed by atoms with E-state index in [-0.39, 0.29) is 5.91 Å². The van der Waals surface area contributed by atoms with E-state index in [1.165, 1.54) is 37.7 Å². The summed E-state index contributed by atoms with van der Waals surface area (Å²) in [6.45, 7) is 0.660. The number of hydrogen-bond donors (Lipinski definition) is 2. The SMILES string of the molecule is NCCc1ccc(NC(=O)CCC2CCCCC2)cc1. The van der Waals surface area contributed by atoms with Gasteiger partial charge in [0.05, 0.1) is 0 Å². The minimum atomic E-state index is 0.141. The Bertz CT molecular complexity index is 408. The van der Waals surface area contributed by atoms with Gasteiger partial charge in [-0.2, -0.15) is 0 Å². The third-order valence-electron chi connectivity index (χ3n) is 4.18. The number of anilines is 1. The number of nitrogens with two attached hydrogens (primary N) is 1. The minimum Gasteiger partial charge on any atom is -0.330 e. The molecule has 2 rings (SSSR count). The van der Waals surface area contributed by atoms with Crippen LogP contribution < -0.4 is 11.1 Å². The molecule has 0 aliphatic heterocycles. The Morgan fingerprint density at radius 3 is 2.50 bits per heavy atom. The molecule has 0 aromatic heterocycles. The second-order valence-corrected chi connectivity index (χ2v) is 5.83. The zero-order valence-corrected chi connectivity index (χ0v) is 12.2. The molecule has 0 unspecified atom stereocenters. The highest BCUT2D eigenvalue weighted by Crippen LogP contribution is 2.27. The van der Waals surface area contributed by atoms with Crippen LogP contribution in [0.2, 0.25) is 0 Å². The summed E-state index contributed by atoms with van der Waals surface area (Å²) in [6, 6.07) is 7.99. The van der Waals surface area contributed by atoms with Gasteiger partial charge in [-0.05, 0) is 43.0 Å². The quantitative estimate of drug-likeness (QED) is 0.834. The monoisotopic (exact) mass is 274 g/mol. The van der Waals surface area contributed by atoms with Crippen molar-refractivity contribution in [1.29, 1.82) is 0 Å². The summed E-state index contributed by atoms with van der Waals surface area (Å²) < 4.78 is 0. The van der Waals surface area contributed by atoms with Crippen LogP contribution in [0, 0.1) is 5.92 Å². The van der Waals surface area contributed by atoms with Crippen molar-refractivity contribution in [2.24, 2.45) is 11.7 Å². The lowest BCUT2D eigenvalue weighted by atomic mass is 9.86. The van der Waals surface area contributed by atoms with E-state index in [2.05, 4.69) is 5.32 Å². The molecule has 1 aliphatic carbocycles. The number of amides is 1. The van der Waals surface area contributed by atoms with E-state index in [4.69, 9.17) is 5.73 Å². The van der Waals surface area contributed by atoms with Crippen LogP contribution in [0.5, 0.6) is 0 Å². The minimum absolute atomic E-state index is 0.141. The second-order valence-electron chi connectivity index (χ2n) is 5.83. The number of carbonyl (C=O) groups excluding carboxylic acids is 1. The van der Waals surface area contributed by atoms with E-state index >= 15 is 0 Å². The largest absolute Gasteiger partial charge is 0.330 e. The molecule has 0 heterocycles. The number of benzene rings is 1. The van der Waals surface area contributed by atoms with Gasteiger partial charge in [-0.1, -0.05) is 44.2 Å². The summed E-state index contributed by atoms with van der Waals surface area (Å²) in [4.78, 5) is 11.9. The predicted molar refractivity (Wildman–Crippen MR) is 83.6 cm³/mol. The summed E-state index contributed by atoms with van der Waals surface area (Å²) in [6.07, 6.45) is 9.24. The van der Waals surface area contributed by atoms with Gasteiger partial charge in [-0.3, -0.25) is 4.79 Å². The highest BCUT2D eigenvalue weighted by molar-refractivity contribution is 5.90. The van der Waals surface area contributed by atoms with Crippen LogP contribution in [-0.4, -0.2) is 12.5 Å². The topological polar surface area (TPSA) is 55.1 Å². The van der Waals surface area contributed by atoms with Crippen molar-refractivity contribution >= 4 is 11.6 Å². The van der Waals surface area contributed by atoms with Gasteiger partial charge in [-0.15, -0.1) is 0 Å². The molecule has 1 aromatic carbocycles. The summed E-state index contributed by atoms with van der Waals surface area (Å²) in [5.41, 5.74) is 7.62. The van der Waals surface area contributed by atoms with Crippen molar-refractivity contribution in [3.8, 4) is 0 Å². The molecule has 0 bridgehead atoms. The zero-order valence-electron chi connectivity index (χ0n) is 12.2. The van der Waals surface area contributed by atoms with Gasteiger partial charge in [0.15, 0.2) is 0 Å². The van der Waals surface area contributed by atoms with Crippen LogP contribution >= 0.6 is 0 Å². The average molecular weight is 274 g/mol. The molecule has 0 atom stereocenters. The molecule has 0 radical (unpaired) electrons. The summed E-state index contributed by atoms with van der Waals surface area (Å²) in [5.74, 6) is 0.906. The molecule has 1 aliphatic rings. The van der Waals surface area contributed by atoms with E-state index in [0.717, 1.165) is 24.4 Å². The van der Waals surface area contributed by atoms with Crippen molar-refractivity contribution in [2.75, 3.05) is 11.9 Å². The van der Waals surface area contributed by atoms with E-state index in [9.17, 15) is 4.79 Å². The number of rotatable bonds is 6. The van der Waals surface area contributed by atoms with Crippen LogP contribution in [-0.2, 0) is 11.2 Å². The smallest absolute Gasteiger partial charge is 0.224 e. The molecular weight excluding hydrogens is 248 g/mol. The maximum absolute atomic E-state index is 11.9. The Hall–Kier alpha value is -1.35. The highest BCUT2D eigenvalue weighted by atomic mass is 16.1. The van der Waals surface area contributed by atoms with Crippen molar-refractivity contribution in [3.05, 3.63) is 29.8 Å². The molecule has 1 amide bonds. The van der Waals surface area contributed by atoms with Gasteiger partial charge < -0.3 is 11.1 Å². The Morgan fingerprint density at radius 2 is 1.85 bits per heavy atom. The molecule has 1 aromatic rings. The zero-order chi connectivity index (χ0) is 14.2. The first kappa shape index (κ1) is 15.0. The molecule has 1 fully saturated rings. The van der Waals surface area contributed by atoms with E-state index in [1.807, 2.05) is 24.3 Å². The molecule has 3 heteroatoms. The normalized spacial score (nSPS) is 16.1. The summed E-state index contributed by atoms with van der Waals surface area (Å²) in [5, 5.41) is 2.98. The Labute approximate surface area is 121 Å². The molecule has 3 nitrogen and oxygen atoms in total. The second kappa shape index (κ2) is 8.05. The number of nitrogens with one attached hydrogen (secondary N) is 1. The Balaban J connectivity index is 1.73. The molecule has 0 spiro atoms. The molecule has 0 saturated heterocycles. The van der Waals surface area contributed by atoms with Crippen molar-refractivity contribution in [1.82, 2.24) is 0 Å². The third-order valence-corrected chi connectivity index (χ3v) is 4.18. The standard InChI is InChI=1S/C17H26N2O/c18-13-12-15-6-9-16(10-7-15)19-17(20)11-8-14-4-2-1-3-5-14/h6-7,9-10,14H,1-5,8,11-13,18H2,(H,19,20). The highest BCUT2D eigenvalue weighted by Gasteiger charge is 2.14. The lowest BCUT2D eigenvalue weighted by Gasteiger charge is -2.21. The molecule has 1 saturated carbocycles. The first-order chi connectivity index (χ1) is 9.78.